The Morgan fingerprint density at radius 1 is 1.36 bits per heavy atom. The number of allylic oxidation sites excluding steroid dienone is 1. The number of nitrogens with zero attached hydrogens (tertiary/aromatic N) is 2. The third-order valence-electron chi connectivity index (χ3n) is 4.33. The van der Waals surface area contributed by atoms with Gasteiger partial charge in [0.25, 0.3) is 11.4 Å². The molecule has 1 amide bonds. The smallest absolute Gasteiger partial charge is 0.347 e. The number of fused-ring (bicyclic) bond motifs is 1. The second kappa shape index (κ2) is 7.55. The number of esters is 1. The van der Waals surface area contributed by atoms with Gasteiger partial charge in [0.1, 0.15) is 17.7 Å². The Hall–Kier alpha value is -3.01. The van der Waals surface area contributed by atoms with E-state index >= 15 is 0 Å². The molecule has 1 fully saturated rings. The quantitative estimate of drug-likeness (QED) is 0.230. The van der Waals surface area contributed by atoms with E-state index < -0.39 is 40.7 Å². The molecule has 0 radical (unpaired) electrons. The number of benzene rings is 1. The zero-order valence-corrected chi connectivity index (χ0v) is 15.8. The van der Waals surface area contributed by atoms with Crippen LogP contribution < -0.4 is 9.84 Å². The predicted octanol–water partition coefficient (Wildman–Crippen LogP) is 0.00810. The molecule has 148 valence electrons. The van der Waals surface area contributed by atoms with Gasteiger partial charge in [-0.05, 0) is 35.9 Å². The first-order valence-corrected chi connectivity index (χ1v) is 9.12. The summed E-state index contributed by atoms with van der Waals surface area (Å²) in [5, 5.41) is 21.0. The van der Waals surface area contributed by atoms with Gasteiger partial charge in [0.15, 0.2) is 6.04 Å². The summed E-state index contributed by atoms with van der Waals surface area (Å²) in [5.41, 5.74) is -2.26. The summed E-state index contributed by atoms with van der Waals surface area (Å²) in [6.45, 7) is 1.25. The molecule has 28 heavy (non-hydrogen) atoms. The second-order valence-corrected chi connectivity index (χ2v) is 7.47. The Morgan fingerprint density at radius 3 is 2.64 bits per heavy atom. The van der Waals surface area contributed by atoms with Gasteiger partial charge in [0.05, 0.1) is 7.11 Å². The average Bonchev–Trinajstić information content (AvgIpc) is 2.69. The van der Waals surface area contributed by atoms with Crippen LogP contribution in [0.1, 0.15) is 6.92 Å². The molecule has 1 aromatic carbocycles. The lowest BCUT2D eigenvalue weighted by molar-refractivity contribution is -0.222. The van der Waals surface area contributed by atoms with E-state index in [-0.39, 0.29) is 6.61 Å². The standard InChI is InChI=1S/C18H18N2O7S/c1-10-8-18(16(23)24,17(25)26-2)20-14(22)13(15(20)28-10)19-12(21)9-27-11-6-4-3-5-7-11/h3-8,13,15H,9H2,1-2H3,(H,19,21)(H,23,24)/p-1/t13-,15-,18?/m1/s1. The summed E-state index contributed by atoms with van der Waals surface area (Å²) in [5.74, 6) is -3.53. The van der Waals surface area contributed by atoms with Gasteiger partial charge in [-0.1, -0.05) is 18.2 Å². The van der Waals surface area contributed by atoms with E-state index in [0.29, 0.717) is 10.7 Å². The summed E-state index contributed by atoms with van der Waals surface area (Å²) in [7, 11) is 1.05. The summed E-state index contributed by atoms with van der Waals surface area (Å²) < 4.78 is 9.93. The number of carboxylic acids is 1. The number of amides is 1. The highest BCUT2D eigenvalue weighted by Crippen LogP contribution is 2.47. The lowest BCUT2D eigenvalue weighted by Crippen LogP contribution is -2.76. The number of carbonyl (C=O) groups is 3. The van der Waals surface area contributed by atoms with Crippen molar-refractivity contribution in [2.75, 3.05) is 13.7 Å². The van der Waals surface area contributed by atoms with Crippen LogP contribution in [0.4, 0.5) is 0 Å². The Kier molecular flexibility index (Phi) is 5.32. The number of thioether (sulfide) groups is 1. The lowest BCUT2D eigenvalue weighted by Gasteiger charge is -2.53. The third-order valence-corrected chi connectivity index (χ3v) is 5.52. The monoisotopic (exact) mass is 405 g/mol. The molecule has 0 saturated carbocycles. The van der Waals surface area contributed by atoms with Gasteiger partial charge in [0, 0.05) is 0 Å². The molecule has 1 unspecified atom stereocenters. The van der Waals surface area contributed by atoms with Crippen molar-refractivity contribution in [1.82, 2.24) is 4.90 Å². The van der Waals surface area contributed by atoms with Crippen LogP contribution >= 0.6 is 11.8 Å². The number of hydrogen-bond acceptors (Lipinski definition) is 8. The van der Waals surface area contributed by atoms with Gasteiger partial charge >= 0.3 is 11.9 Å². The highest BCUT2D eigenvalue weighted by Gasteiger charge is 2.66. The largest absolute Gasteiger partial charge is 0.860 e. The zero-order chi connectivity index (χ0) is 20.5. The average molecular weight is 405 g/mol. The number of ether oxygens (including phenoxy) is 2. The van der Waals surface area contributed by atoms with E-state index in [4.69, 9.17) is 4.74 Å². The highest BCUT2D eigenvalue weighted by molar-refractivity contribution is 8.03. The van der Waals surface area contributed by atoms with Crippen LogP contribution in [0.2, 0.25) is 0 Å². The molecule has 10 heteroatoms. The van der Waals surface area contributed by atoms with Crippen molar-refractivity contribution < 1.29 is 34.1 Å². The third kappa shape index (κ3) is 3.19. The van der Waals surface area contributed by atoms with Crippen LogP contribution in [0.25, 0.3) is 0 Å². The molecule has 0 aromatic heterocycles. The Bertz CT molecular complexity index is 870. The fourth-order valence-corrected chi connectivity index (χ4v) is 4.37. The number of aliphatic carboxylic acids is 1. The molecule has 1 aromatic rings. The van der Waals surface area contributed by atoms with Gasteiger partial charge in [-0.2, -0.15) is 0 Å². The zero-order valence-electron chi connectivity index (χ0n) is 15.0. The van der Waals surface area contributed by atoms with Crippen molar-refractivity contribution in [3.05, 3.63) is 41.3 Å². The first-order chi connectivity index (χ1) is 13.3. The Morgan fingerprint density at radius 2 is 2.04 bits per heavy atom. The van der Waals surface area contributed by atoms with Gasteiger partial charge in [-0.15, -0.1) is 11.8 Å². The number of rotatable bonds is 6. The molecule has 3 atom stereocenters. The van der Waals surface area contributed by atoms with E-state index in [1.54, 1.807) is 37.3 Å². The van der Waals surface area contributed by atoms with Gasteiger partial charge < -0.3 is 19.7 Å². The number of β-lactam (4-membered cyclic amide) rings is 1. The maximum Gasteiger partial charge on any atom is 0.347 e. The minimum Gasteiger partial charge on any atom is -0.860 e. The minimum atomic E-state index is -2.26. The van der Waals surface area contributed by atoms with Crippen molar-refractivity contribution in [2.24, 2.45) is 4.99 Å². The molecule has 0 aliphatic carbocycles. The normalized spacial score (nSPS) is 26.6. The predicted molar refractivity (Wildman–Crippen MR) is 97.5 cm³/mol. The number of methoxy groups -OCH3 is 1. The van der Waals surface area contributed by atoms with E-state index in [1.807, 2.05) is 0 Å². The summed E-state index contributed by atoms with van der Waals surface area (Å²) in [6, 6.07) is 7.54. The van der Waals surface area contributed by atoms with Gasteiger partial charge in [-0.25, -0.2) is 9.59 Å². The first kappa shape index (κ1) is 19.7. The highest BCUT2D eigenvalue weighted by atomic mass is 32.2. The van der Waals surface area contributed by atoms with Crippen LogP contribution in [-0.4, -0.2) is 64.4 Å². The SMILES string of the molecule is COC(=O)C1(C(=O)O)C=C(C)S[C@@H]2[C@H](N=C([O-])COc3ccccc3)C(=O)N21. The summed E-state index contributed by atoms with van der Waals surface area (Å²) >= 11 is 1.16. The van der Waals surface area contributed by atoms with E-state index in [9.17, 15) is 24.6 Å². The lowest BCUT2D eigenvalue weighted by atomic mass is 9.89. The number of aliphatic imine (C=N–C) groups is 1. The molecule has 0 bridgehead atoms. The van der Waals surface area contributed by atoms with Gasteiger partial charge in [-0.3, -0.25) is 14.7 Å². The number of carbonyl (C=O) groups excluding carboxylic acids is 2. The molecule has 9 nitrogen and oxygen atoms in total. The summed E-state index contributed by atoms with van der Waals surface area (Å²) in [4.78, 5) is 42.0. The molecule has 2 heterocycles. The molecule has 1 saturated heterocycles. The maximum atomic E-state index is 12.6. The van der Waals surface area contributed by atoms with E-state index in [2.05, 4.69) is 9.73 Å². The number of para-hydroxylation sites is 1. The molecule has 1 N–H and O–H groups in total. The van der Waals surface area contributed by atoms with Crippen molar-refractivity contribution >= 4 is 35.5 Å². The van der Waals surface area contributed by atoms with Crippen LogP contribution in [0.3, 0.4) is 0 Å². The van der Waals surface area contributed by atoms with Gasteiger partial charge in [0.2, 0.25) is 0 Å². The Balaban J connectivity index is 1.81. The fraction of sp³-hybridized carbons (Fsp3) is 0.333. The molecular weight excluding hydrogens is 388 g/mol. The van der Waals surface area contributed by atoms with E-state index in [1.165, 1.54) is 6.08 Å². The van der Waals surface area contributed by atoms with Crippen LogP contribution in [0.15, 0.2) is 46.3 Å². The maximum absolute atomic E-state index is 12.6. The Labute approximate surface area is 164 Å². The van der Waals surface area contributed by atoms with Crippen LogP contribution in [0.5, 0.6) is 5.75 Å². The number of hydrogen-bond donors (Lipinski definition) is 1. The minimum absolute atomic E-state index is 0.360. The molecular formula is C18H17N2O7S-. The van der Waals surface area contributed by atoms with Crippen molar-refractivity contribution in [3.8, 4) is 5.75 Å². The summed E-state index contributed by atoms with van der Waals surface area (Å²) in [6.07, 6.45) is 1.18. The van der Waals surface area contributed by atoms with Crippen LogP contribution in [0, 0.1) is 0 Å². The fourth-order valence-electron chi connectivity index (χ4n) is 3.07. The molecule has 3 rings (SSSR count). The molecule has 2 aliphatic rings. The van der Waals surface area contributed by atoms with Crippen molar-refractivity contribution in [1.29, 1.82) is 0 Å². The first-order valence-electron chi connectivity index (χ1n) is 8.24. The second-order valence-electron chi connectivity index (χ2n) is 6.10. The van der Waals surface area contributed by atoms with Crippen molar-refractivity contribution in [2.45, 2.75) is 23.9 Å². The van der Waals surface area contributed by atoms with Crippen molar-refractivity contribution in [3.63, 3.8) is 0 Å². The molecule has 0 spiro atoms. The number of carboxylic acid groups (broad SMARTS) is 1. The topological polar surface area (TPSA) is 129 Å². The molecule has 2 aliphatic heterocycles. The van der Waals surface area contributed by atoms with E-state index in [0.717, 1.165) is 23.8 Å². The van der Waals surface area contributed by atoms with Crippen LogP contribution in [-0.2, 0) is 19.1 Å².